The molecule has 0 unspecified atom stereocenters. The van der Waals surface area contributed by atoms with Crippen molar-refractivity contribution in [2.24, 2.45) is 0 Å². The minimum absolute atomic E-state index is 0.0199. The van der Waals surface area contributed by atoms with E-state index >= 15 is 0 Å². The van der Waals surface area contributed by atoms with E-state index in [1.165, 1.54) is 11.3 Å². The third-order valence-electron chi connectivity index (χ3n) is 3.54. The molecule has 1 amide bonds. The lowest BCUT2D eigenvalue weighted by Gasteiger charge is -2.04. The zero-order chi connectivity index (χ0) is 18.4. The van der Waals surface area contributed by atoms with Crippen molar-refractivity contribution >= 4 is 38.7 Å². The maximum atomic E-state index is 12.4. The van der Waals surface area contributed by atoms with Crippen molar-refractivity contribution in [1.29, 1.82) is 5.26 Å². The second-order valence-corrected chi connectivity index (χ2v) is 6.56. The van der Waals surface area contributed by atoms with Gasteiger partial charge in [-0.05, 0) is 42.3 Å². The van der Waals surface area contributed by atoms with Crippen molar-refractivity contribution < 1.29 is 9.53 Å². The van der Waals surface area contributed by atoms with Crippen LogP contribution in [0.2, 0.25) is 0 Å². The maximum Gasteiger partial charge on any atom is 0.268 e. The molecule has 6 heteroatoms. The van der Waals surface area contributed by atoms with Gasteiger partial charge in [-0.15, -0.1) is 0 Å². The highest BCUT2D eigenvalue weighted by Crippen LogP contribution is 2.25. The Morgan fingerprint density at radius 2 is 2.04 bits per heavy atom. The Kier molecular flexibility index (Phi) is 5.62. The lowest BCUT2D eigenvalue weighted by molar-refractivity contribution is -0.112. The van der Waals surface area contributed by atoms with Crippen LogP contribution in [0.25, 0.3) is 16.3 Å². The number of carbonyl (C=O) groups excluding carboxylic acids is 1. The number of rotatable bonds is 6. The van der Waals surface area contributed by atoms with E-state index in [0.717, 1.165) is 28.0 Å². The third kappa shape index (κ3) is 4.26. The smallest absolute Gasteiger partial charge is 0.268 e. The van der Waals surface area contributed by atoms with Crippen LogP contribution in [0.1, 0.15) is 18.9 Å². The second kappa shape index (κ2) is 8.28. The van der Waals surface area contributed by atoms with Crippen LogP contribution >= 0.6 is 11.3 Å². The number of amides is 1. The second-order valence-electron chi connectivity index (χ2n) is 5.53. The van der Waals surface area contributed by atoms with Gasteiger partial charge >= 0.3 is 0 Å². The summed E-state index contributed by atoms with van der Waals surface area (Å²) in [5.74, 6) is 0.291. The fourth-order valence-corrected chi connectivity index (χ4v) is 3.15. The average molecular weight is 363 g/mol. The predicted octanol–water partition coefficient (Wildman–Crippen LogP) is 4.63. The van der Waals surface area contributed by atoms with Crippen LogP contribution < -0.4 is 10.1 Å². The number of hydrogen-bond donors (Lipinski definition) is 1. The number of anilines is 1. The summed E-state index contributed by atoms with van der Waals surface area (Å²) in [5, 5.41) is 12.5. The zero-order valence-corrected chi connectivity index (χ0v) is 15.0. The molecule has 0 aliphatic carbocycles. The lowest BCUT2D eigenvalue weighted by atomic mass is 10.1. The van der Waals surface area contributed by atoms with Gasteiger partial charge in [-0.1, -0.05) is 42.5 Å². The molecule has 2 aromatic carbocycles. The van der Waals surface area contributed by atoms with Crippen LogP contribution in [0.15, 0.2) is 54.1 Å². The number of hydrogen-bond acceptors (Lipinski definition) is 5. The van der Waals surface area contributed by atoms with Gasteiger partial charge in [0, 0.05) is 0 Å². The van der Waals surface area contributed by atoms with Gasteiger partial charge in [0.2, 0.25) is 0 Å². The van der Waals surface area contributed by atoms with Gasteiger partial charge in [0.15, 0.2) is 5.13 Å². The number of nitrogens with zero attached hydrogens (tertiary/aromatic N) is 2. The number of nitriles is 1. The monoisotopic (exact) mass is 363 g/mol. The topological polar surface area (TPSA) is 75.0 Å². The van der Waals surface area contributed by atoms with Crippen molar-refractivity contribution in [3.05, 3.63) is 59.7 Å². The van der Waals surface area contributed by atoms with E-state index in [0.29, 0.717) is 11.7 Å². The van der Waals surface area contributed by atoms with Crippen LogP contribution in [0.3, 0.4) is 0 Å². The number of nitrogens with one attached hydrogen (secondary N) is 1. The number of ether oxygens (including phenoxy) is 1. The fourth-order valence-electron chi connectivity index (χ4n) is 2.29. The summed E-state index contributed by atoms with van der Waals surface area (Å²) in [6.45, 7) is 2.70. The SMILES string of the molecule is CCCOc1ccc(/C=C(\C#N)C(=O)Nc2nc3ccccc3s2)cc1. The Labute approximate surface area is 155 Å². The Morgan fingerprint density at radius 1 is 1.27 bits per heavy atom. The first kappa shape index (κ1) is 17.6. The average Bonchev–Trinajstić information content (AvgIpc) is 3.07. The van der Waals surface area contributed by atoms with Gasteiger partial charge in [0.1, 0.15) is 17.4 Å². The molecular weight excluding hydrogens is 346 g/mol. The molecule has 0 atom stereocenters. The summed E-state index contributed by atoms with van der Waals surface area (Å²) in [4.78, 5) is 16.7. The standard InChI is InChI=1S/C20H17N3O2S/c1-2-11-25-16-9-7-14(8-10-16)12-15(13-21)19(24)23-20-22-17-5-3-4-6-18(17)26-20/h3-10,12H,2,11H2,1H3,(H,22,23,24)/b15-12+. The molecule has 0 spiro atoms. The Hall–Kier alpha value is -3.17. The molecule has 0 aliphatic heterocycles. The minimum Gasteiger partial charge on any atom is -0.494 e. The molecule has 0 fully saturated rings. The minimum atomic E-state index is -0.474. The normalized spacial score (nSPS) is 11.2. The molecule has 0 aliphatic rings. The molecule has 130 valence electrons. The molecular formula is C20H17N3O2S. The Morgan fingerprint density at radius 3 is 2.73 bits per heavy atom. The highest BCUT2D eigenvalue weighted by Gasteiger charge is 2.12. The summed E-state index contributed by atoms with van der Waals surface area (Å²) in [6, 6.07) is 16.8. The van der Waals surface area contributed by atoms with E-state index in [4.69, 9.17) is 4.74 Å². The molecule has 3 rings (SSSR count). The molecule has 26 heavy (non-hydrogen) atoms. The molecule has 1 aromatic heterocycles. The molecule has 0 bridgehead atoms. The first-order valence-electron chi connectivity index (χ1n) is 8.21. The summed E-state index contributed by atoms with van der Waals surface area (Å²) < 4.78 is 6.50. The molecule has 1 heterocycles. The van der Waals surface area contributed by atoms with Gasteiger partial charge in [0.05, 0.1) is 16.8 Å². The largest absolute Gasteiger partial charge is 0.494 e. The van der Waals surface area contributed by atoms with Crippen LogP contribution in [-0.4, -0.2) is 17.5 Å². The first-order chi connectivity index (χ1) is 12.7. The highest BCUT2D eigenvalue weighted by atomic mass is 32.1. The quantitative estimate of drug-likeness (QED) is 0.512. The Balaban J connectivity index is 1.73. The number of para-hydroxylation sites is 1. The van der Waals surface area contributed by atoms with Gasteiger partial charge in [-0.2, -0.15) is 5.26 Å². The van der Waals surface area contributed by atoms with Gasteiger partial charge in [-0.3, -0.25) is 10.1 Å². The van der Waals surface area contributed by atoms with Gasteiger partial charge in [0.25, 0.3) is 5.91 Å². The van der Waals surface area contributed by atoms with Crippen LogP contribution in [0.5, 0.6) is 5.75 Å². The highest BCUT2D eigenvalue weighted by molar-refractivity contribution is 7.22. The van der Waals surface area contributed by atoms with E-state index in [1.54, 1.807) is 6.08 Å². The number of fused-ring (bicyclic) bond motifs is 1. The maximum absolute atomic E-state index is 12.4. The Bertz CT molecular complexity index is 951. The van der Waals surface area contributed by atoms with E-state index < -0.39 is 5.91 Å². The van der Waals surface area contributed by atoms with Crippen molar-refractivity contribution in [2.75, 3.05) is 11.9 Å². The first-order valence-corrected chi connectivity index (χ1v) is 9.03. The van der Waals surface area contributed by atoms with Crippen molar-refractivity contribution in [1.82, 2.24) is 4.98 Å². The number of thiazole rings is 1. The lowest BCUT2D eigenvalue weighted by Crippen LogP contribution is -2.13. The van der Waals surface area contributed by atoms with E-state index in [2.05, 4.69) is 10.3 Å². The summed E-state index contributed by atoms with van der Waals surface area (Å²) in [6.07, 6.45) is 2.48. The van der Waals surface area contributed by atoms with Crippen molar-refractivity contribution in [3.8, 4) is 11.8 Å². The van der Waals surface area contributed by atoms with Crippen LogP contribution in [0.4, 0.5) is 5.13 Å². The zero-order valence-electron chi connectivity index (χ0n) is 14.2. The third-order valence-corrected chi connectivity index (χ3v) is 4.50. The molecule has 0 saturated heterocycles. The van der Waals surface area contributed by atoms with Gasteiger partial charge in [-0.25, -0.2) is 4.98 Å². The summed E-state index contributed by atoms with van der Waals surface area (Å²) in [5.41, 5.74) is 1.59. The summed E-state index contributed by atoms with van der Waals surface area (Å²) >= 11 is 1.37. The number of carbonyl (C=O) groups is 1. The van der Waals surface area contributed by atoms with Crippen molar-refractivity contribution in [3.63, 3.8) is 0 Å². The van der Waals surface area contributed by atoms with Crippen LogP contribution in [0, 0.1) is 11.3 Å². The number of benzene rings is 2. The molecule has 5 nitrogen and oxygen atoms in total. The van der Waals surface area contributed by atoms with Crippen LogP contribution in [-0.2, 0) is 4.79 Å². The molecule has 0 saturated carbocycles. The molecule has 1 N–H and O–H groups in total. The number of aromatic nitrogens is 1. The summed E-state index contributed by atoms with van der Waals surface area (Å²) in [7, 11) is 0. The molecule has 3 aromatic rings. The fraction of sp³-hybridized carbons (Fsp3) is 0.150. The van der Waals surface area contributed by atoms with Crippen molar-refractivity contribution in [2.45, 2.75) is 13.3 Å². The molecule has 0 radical (unpaired) electrons. The van der Waals surface area contributed by atoms with E-state index in [9.17, 15) is 10.1 Å². The van der Waals surface area contributed by atoms with E-state index in [-0.39, 0.29) is 5.57 Å². The van der Waals surface area contributed by atoms with E-state index in [1.807, 2.05) is 61.5 Å². The predicted molar refractivity (Wildman–Crippen MR) is 104 cm³/mol. The van der Waals surface area contributed by atoms with Gasteiger partial charge < -0.3 is 4.74 Å².